The number of likely N-dealkylation sites (N-methyl/N-ethyl adjacent to an activating group) is 1. The molecule has 2 aromatic carbocycles. The summed E-state index contributed by atoms with van der Waals surface area (Å²) in [6.07, 6.45) is 1.26. The zero-order valence-corrected chi connectivity index (χ0v) is 19.1. The number of amides is 2. The lowest BCUT2D eigenvalue weighted by molar-refractivity contribution is 0.186. The summed E-state index contributed by atoms with van der Waals surface area (Å²) in [6, 6.07) is 16.8. The van der Waals surface area contributed by atoms with Gasteiger partial charge in [-0.1, -0.05) is 30.0 Å². The lowest BCUT2D eigenvalue weighted by atomic mass is 10.1. The Balaban J connectivity index is 1.63. The third-order valence-electron chi connectivity index (χ3n) is 5.07. The highest BCUT2D eigenvalue weighted by molar-refractivity contribution is 7.99. The maximum atomic E-state index is 13.2. The number of sulfone groups is 1. The summed E-state index contributed by atoms with van der Waals surface area (Å²) in [4.78, 5) is 18.4. The molecular formula is C22H29N3O3S2. The molecule has 162 valence electrons. The third-order valence-corrected chi connectivity index (χ3v) is 8.28. The number of nitrogens with one attached hydrogen (secondary N) is 1. The Morgan fingerprint density at radius 1 is 1.10 bits per heavy atom. The van der Waals surface area contributed by atoms with Gasteiger partial charge < -0.3 is 15.1 Å². The largest absolute Gasteiger partial charge is 0.337 e. The molecule has 1 atom stereocenters. The Bertz CT molecular complexity index is 932. The second-order valence-electron chi connectivity index (χ2n) is 7.68. The molecule has 1 aliphatic heterocycles. The summed E-state index contributed by atoms with van der Waals surface area (Å²) in [6.45, 7) is 2.11. The Hall–Kier alpha value is -2.03. The molecule has 6 nitrogen and oxygen atoms in total. The van der Waals surface area contributed by atoms with Gasteiger partial charge in [-0.05, 0) is 63.3 Å². The molecule has 1 saturated heterocycles. The summed E-state index contributed by atoms with van der Waals surface area (Å²) in [5, 5.41) is 2.30. The first-order valence-corrected chi connectivity index (χ1v) is 12.5. The molecule has 8 heteroatoms. The highest BCUT2D eigenvalue weighted by Gasteiger charge is 2.33. The van der Waals surface area contributed by atoms with E-state index in [0.29, 0.717) is 30.8 Å². The van der Waals surface area contributed by atoms with Gasteiger partial charge in [0.1, 0.15) is 0 Å². The van der Waals surface area contributed by atoms with Crippen molar-refractivity contribution in [3.63, 3.8) is 0 Å². The summed E-state index contributed by atoms with van der Waals surface area (Å²) in [5.41, 5.74) is 0. The van der Waals surface area contributed by atoms with Gasteiger partial charge in [0.15, 0.2) is 9.84 Å². The Morgan fingerprint density at radius 2 is 1.77 bits per heavy atom. The van der Waals surface area contributed by atoms with E-state index in [4.69, 9.17) is 0 Å². The number of hydrogen-bond acceptors (Lipinski definition) is 5. The minimum absolute atomic E-state index is 0.189. The van der Waals surface area contributed by atoms with Crippen molar-refractivity contribution < 1.29 is 13.2 Å². The lowest BCUT2D eigenvalue weighted by Gasteiger charge is -2.32. The summed E-state index contributed by atoms with van der Waals surface area (Å²) >= 11 is 1.60. The van der Waals surface area contributed by atoms with Crippen LogP contribution >= 0.6 is 11.8 Å². The number of carbonyl (C=O) groups is 1. The van der Waals surface area contributed by atoms with Gasteiger partial charge in [-0.25, -0.2) is 13.2 Å². The Kier molecular flexibility index (Phi) is 7.80. The fraction of sp³-hybridized carbons (Fsp3) is 0.409. The molecule has 1 heterocycles. The topological polar surface area (TPSA) is 69.7 Å². The predicted octanol–water partition coefficient (Wildman–Crippen LogP) is 3.35. The van der Waals surface area contributed by atoms with Gasteiger partial charge in [-0.15, -0.1) is 0 Å². The number of urea groups is 1. The highest BCUT2D eigenvalue weighted by Crippen LogP contribution is 2.30. The van der Waals surface area contributed by atoms with E-state index in [2.05, 4.69) is 5.32 Å². The normalized spacial score (nSPS) is 17.2. The quantitative estimate of drug-likeness (QED) is 0.705. The van der Waals surface area contributed by atoms with Crippen molar-refractivity contribution in [3.8, 4) is 0 Å². The average molecular weight is 448 g/mol. The van der Waals surface area contributed by atoms with Gasteiger partial charge in [-0.2, -0.15) is 0 Å². The minimum atomic E-state index is -3.49. The number of piperidine rings is 1. The molecule has 1 N–H and O–H groups in total. The van der Waals surface area contributed by atoms with Crippen LogP contribution in [-0.4, -0.2) is 69.8 Å². The fourth-order valence-corrected chi connectivity index (χ4v) is 5.98. The molecule has 1 aliphatic rings. The van der Waals surface area contributed by atoms with Crippen LogP contribution in [0.3, 0.4) is 0 Å². The van der Waals surface area contributed by atoms with Crippen LogP contribution in [0.5, 0.6) is 0 Å². The van der Waals surface area contributed by atoms with E-state index in [9.17, 15) is 13.2 Å². The second-order valence-corrected chi connectivity index (χ2v) is 11.1. The third kappa shape index (κ3) is 6.00. The maximum absolute atomic E-state index is 13.2. The van der Waals surface area contributed by atoms with Crippen molar-refractivity contribution in [1.82, 2.24) is 15.1 Å². The molecule has 0 spiro atoms. The molecule has 3 rings (SSSR count). The second kappa shape index (κ2) is 10.3. The number of hydrogen-bond donors (Lipinski definition) is 1. The van der Waals surface area contributed by atoms with Crippen LogP contribution in [0.4, 0.5) is 4.79 Å². The number of rotatable bonds is 7. The molecule has 0 radical (unpaired) electrons. The van der Waals surface area contributed by atoms with Crippen LogP contribution in [0, 0.1) is 0 Å². The van der Waals surface area contributed by atoms with Crippen molar-refractivity contribution in [2.75, 3.05) is 40.3 Å². The zero-order valence-electron chi connectivity index (χ0n) is 17.5. The first-order valence-electron chi connectivity index (χ1n) is 10.1. The van der Waals surface area contributed by atoms with Crippen molar-refractivity contribution in [2.24, 2.45) is 0 Å². The predicted molar refractivity (Wildman–Crippen MR) is 121 cm³/mol. The standard InChI is InChI=1S/C22H29N3O3S2/c1-24(2)16-14-23-22(26)25-15-6-9-21(17-25)30(27,28)20-12-10-19(11-13-20)29-18-7-4-3-5-8-18/h3-5,7-8,10-13,21H,6,9,14-17H2,1-2H3,(H,23,26). The zero-order chi connectivity index (χ0) is 21.6. The van der Waals surface area contributed by atoms with E-state index in [0.717, 1.165) is 16.3 Å². The van der Waals surface area contributed by atoms with Crippen LogP contribution in [0.15, 0.2) is 69.3 Å². The Labute approximate surface area is 183 Å². The van der Waals surface area contributed by atoms with Crippen LogP contribution < -0.4 is 5.32 Å². The van der Waals surface area contributed by atoms with Crippen LogP contribution in [0.2, 0.25) is 0 Å². The highest BCUT2D eigenvalue weighted by atomic mass is 32.2. The number of benzene rings is 2. The van der Waals surface area contributed by atoms with Crippen LogP contribution in [-0.2, 0) is 9.84 Å². The van der Waals surface area contributed by atoms with E-state index < -0.39 is 15.1 Å². The molecule has 30 heavy (non-hydrogen) atoms. The number of carbonyl (C=O) groups excluding carboxylic acids is 1. The lowest BCUT2D eigenvalue weighted by Crippen LogP contribution is -2.49. The van der Waals surface area contributed by atoms with Crippen LogP contribution in [0.25, 0.3) is 0 Å². The molecule has 1 unspecified atom stereocenters. The van der Waals surface area contributed by atoms with Crippen molar-refractivity contribution in [2.45, 2.75) is 32.8 Å². The summed E-state index contributed by atoms with van der Waals surface area (Å²) in [5.74, 6) is 0. The van der Waals surface area contributed by atoms with Crippen molar-refractivity contribution >= 4 is 27.6 Å². The van der Waals surface area contributed by atoms with E-state index in [-0.39, 0.29) is 12.6 Å². The van der Waals surface area contributed by atoms with Crippen molar-refractivity contribution in [3.05, 3.63) is 54.6 Å². The fourth-order valence-electron chi connectivity index (χ4n) is 3.39. The van der Waals surface area contributed by atoms with Gasteiger partial charge in [0.2, 0.25) is 0 Å². The van der Waals surface area contributed by atoms with E-state index >= 15 is 0 Å². The first kappa shape index (κ1) is 22.7. The molecule has 0 saturated carbocycles. The molecule has 1 fully saturated rings. The van der Waals surface area contributed by atoms with Gasteiger partial charge >= 0.3 is 6.03 Å². The SMILES string of the molecule is CN(C)CCNC(=O)N1CCCC(S(=O)(=O)c2ccc(Sc3ccccc3)cc2)C1. The van der Waals surface area contributed by atoms with Gasteiger partial charge in [0.05, 0.1) is 10.1 Å². The maximum Gasteiger partial charge on any atom is 0.317 e. The summed E-state index contributed by atoms with van der Waals surface area (Å²) in [7, 11) is 0.396. The van der Waals surface area contributed by atoms with Crippen LogP contribution in [0.1, 0.15) is 12.8 Å². The molecule has 0 aliphatic carbocycles. The summed E-state index contributed by atoms with van der Waals surface area (Å²) < 4.78 is 26.3. The average Bonchev–Trinajstić information content (AvgIpc) is 2.74. The smallest absolute Gasteiger partial charge is 0.317 e. The number of likely N-dealkylation sites (tertiary alicyclic amines) is 1. The first-order chi connectivity index (χ1) is 14.4. The van der Waals surface area contributed by atoms with E-state index in [1.54, 1.807) is 28.8 Å². The molecule has 2 amide bonds. The molecule has 0 aromatic heterocycles. The molecular weight excluding hydrogens is 418 g/mol. The van der Waals surface area contributed by atoms with E-state index in [1.165, 1.54) is 0 Å². The Morgan fingerprint density at radius 3 is 2.43 bits per heavy atom. The van der Waals surface area contributed by atoms with Gasteiger partial charge in [-0.3, -0.25) is 0 Å². The van der Waals surface area contributed by atoms with E-state index in [1.807, 2.05) is 61.5 Å². The van der Waals surface area contributed by atoms with Gasteiger partial charge in [0, 0.05) is 36.0 Å². The van der Waals surface area contributed by atoms with Gasteiger partial charge in [0.25, 0.3) is 0 Å². The molecule has 2 aromatic rings. The monoisotopic (exact) mass is 447 g/mol. The van der Waals surface area contributed by atoms with Crippen molar-refractivity contribution in [1.29, 1.82) is 0 Å². The minimum Gasteiger partial charge on any atom is -0.337 e. The molecule has 0 bridgehead atoms. The number of nitrogens with zero attached hydrogens (tertiary/aromatic N) is 2.